The molecule has 1 saturated heterocycles. The Labute approximate surface area is 124 Å². The standard InChI is InChI=1S/C16H22FNO3/c1-11-4-5-14(17)13(8-11)15(19)18-10-12(2)9-16(3)20-6-7-21-16/h4-5,8,12H,6-7,9-10H2,1-3H3,(H,18,19)/t12-/m0/s1. The van der Waals surface area contributed by atoms with Crippen LogP contribution in [-0.2, 0) is 9.47 Å². The average molecular weight is 295 g/mol. The van der Waals surface area contributed by atoms with Crippen LogP contribution in [0.4, 0.5) is 4.39 Å². The number of ether oxygens (including phenoxy) is 2. The summed E-state index contributed by atoms with van der Waals surface area (Å²) in [4.78, 5) is 12.0. The van der Waals surface area contributed by atoms with Gasteiger partial charge in [-0.25, -0.2) is 4.39 Å². The first-order valence-corrected chi connectivity index (χ1v) is 7.22. The molecule has 0 aliphatic carbocycles. The number of amides is 1. The Balaban J connectivity index is 1.87. The maximum absolute atomic E-state index is 13.6. The van der Waals surface area contributed by atoms with Crippen molar-refractivity contribution in [1.82, 2.24) is 5.32 Å². The van der Waals surface area contributed by atoms with Crippen LogP contribution in [0.2, 0.25) is 0 Å². The molecule has 0 aromatic heterocycles. The molecule has 1 heterocycles. The molecular weight excluding hydrogens is 273 g/mol. The van der Waals surface area contributed by atoms with E-state index in [-0.39, 0.29) is 17.4 Å². The fourth-order valence-corrected chi connectivity index (χ4v) is 2.56. The minimum atomic E-state index is -0.571. The molecule has 116 valence electrons. The van der Waals surface area contributed by atoms with E-state index in [1.54, 1.807) is 12.1 Å². The van der Waals surface area contributed by atoms with Crippen LogP contribution in [0.5, 0.6) is 0 Å². The van der Waals surface area contributed by atoms with Crippen molar-refractivity contribution in [2.75, 3.05) is 19.8 Å². The summed E-state index contributed by atoms with van der Waals surface area (Å²) in [5.41, 5.74) is 0.941. The summed E-state index contributed by atoms with van der Waals surface area (Å²) in [7, 11) is 0. The predicted molar refractivity (Wildman–Crippen MR) is 77.6 cm³/mol. The predicted octanol–water partition coefficient (Wildman–Crippen LogP) is 2.65. The fourth-order valence-electron chi connectivity index (χ4n) is 2.56. The van der Waals surface area contributed by atoms with Crippen LogP contribution in [0.3, 0.4) is 0 Å². The molecule has 1 aromatic rings. The van der Waals surface area contributed by atoms with Gasteiger partial charge in [-0.15, -0.1) is 0 Å². The number of carbonyl (C=O) groups excluding carboxylic acids is 1. The van der Waals surface area contributed by atoms with Gasteiger partial charge in [0, 0.05) is 13.0 Å². The zero-order chi connectivity index (χ0) is 15.5. The van der Waals surface area contributed by atoms with Gasteiger partial charge < -0.3 is 14.8 Å². The van der Waals surface area contributed by atoms with Gasteiger partial charge in [-0.05, 0) is 31.9 Å². The van der Waals surface area contributed by atoms with Crippen LogP contribution >= 0.6 is 0 Å². The smallest absolute Gasteiger partial charge is 0.254 e. The van der Waals surface area contributed by atoms with Crippen molar-refractivity contribution in [3.8, 4) is 0 Å². The number of nitrogens with one attached hydrogen (secondary N) is 1. The Morgan fingerprint density at radius 3 is 2.76 bits per heavy atom. The molecule has 0 spiro atoms. The molecule has 1 amide bonds. The minimum absolute atomic E-state index is 0.0850. The lowest BCUT2D eigenvalue weighted by Gasteiger charge is -2.26. The van der Waals surface area contributed by atoms with E-state index in [9.17, 15) is 9.18 Å². The van der Waals surface area contributed by atoms with Crippen molar-refractivity contribution in [2.45, 2.75) is 33.0 Å². The van der Waals surface area contributed by atoms with Gasteiger partial charge in [0.05, 0.1) is 18.8 Å². The molecular formula is C16H22FNO3. The van der Waals surface area contributed by atoms with Gasteiger partial charge in [-0.1, -0.05) is 18.6 Å². The molecule has 2 rings (SSSR count). The van der Waals surface area contributed by atoms with Gasteiger partial charge in [0.15, 0.2) is 5.79 Å². The lowest BCUT2D eigenvalue weighted by Crippen LogP contribution is -2.34. The molecule has 0 bridgehead atoms. The van der Waals surface area contributed by atoms with Crippen molar-refractivity contribution in [3.05, 3.63) is 35.1 Å². The summed E-state index contributed by atoms with van der Waals surface area (Å²) in [5.74, 6) is -1.29. The highest BCUT2D eigenvalue weighted by Crippen LogP contribution is 2.26. The summed E-state index contributed by atoms with van der Waals surface area (Å²) in [6.07, 6.45) is 0.684. The normalized spacial score (nSPS) is 18.5. The SMILES string of the molecule is Cc1ccc(F)c(C(=O)NC[C@@H](C)CC2(C)OCCO2)c1. The summed E-state index contributed by atoms with van der Waals surface area (Å²) in [6, 6.07) is 4.51. The average Bonchev–Trinajstić information content (AvgIpc) is 2.85. The first kappa shape index (κ1) is 15.9. The third kappa shape index (κ3) is 4.25. The third-order valence-electron chi connectivity index (χ3n) is 3.59. The van der Waals surface area contributed by atoms with Gasteiger partial charge in [-0.2, -0.15) is 0 Å². The van der Waals surface area contributed by atoms with Gasteiger partial charge in [0.2, 0.25) is 0 Å². The van der Waals surface area contributed by atoms with Gasteiger partial charge in [0.25, 0.3) is 5.91 Å². The van der Waals surface area contributed by atoms with Crippen molar-refractivity contribution >= 4 is 5.91 Å². The maximum Gasteiger partial charge on any atom is 0.254 e. The van der Waals surface area contributed by atoms with E-state index in [2.05, 4.69) is 5.32 Å². The van der Waals surface area contributed by atoms with E-state index >= 15 is 0 Å². The molecule has 1 aromatic carbocycles. The highest BCUT2D eigenvalue weighted by Gasteiger charge is 2.32. The van der Waals surface area contributed by atoms with Crippen LogP contribution < -0.4 is 5.32 Å². The molecule has 0 saturated carbocycles. The number of benzene rings is 1. The molecule has 1 aliphatic heterocycles. The minimum Gasteiger partial charge on any atom is -0.352 e. The van der Waals surface area contributed by atoms with E-state index in [1.165, 1.54) is 6.07 Å². The Bertz CT molecular complexity index is 512. The van der Waals surface area contributed by atoms with Crippen molar-refractivity contribution in [2.24, 2.45) is 5.92 Å². The second-order valence-corrected chi connectivity index (χ2v) is 5.83. The maximum atomic E-state index is 13.6. The van der Waals surface area contributed by atoms with Crippen molar-refractivity contribution in [3.63, 3.8) is 0 Å². The lowest BCUT2D eigenvalue weighted by molar-refractivity contribution is -0.153. The second-order valence-electron chi connectivity index (χ2n) is 5.83. The van der Waals surface area contributed by atoms with Crippen LogP contribution in [0.25, 0.3) is 0 Å². The van der Waals surface area contributed by atoms with E-state index in [4.69, 9.17) is 9.47 Å². The van der Waals surface area contributed by atoms with E-state index in [0.717, 1.165) is 5.56 Å². The highest BCUT2D eigenvalue weighted by atomic mass is 19.1. The molecule has 1 aliphatic rings. The van der Waals surface area contributed by atoms with Gasteiger partial charge in [0.1, 0.15) is 5.82 Å². The Morgan fingerprint density at radius 1 is 1.43 bits per heavy atom. The Morgan fingerprint density at radius 2 is 2.10 bits per heavy atom. The van der Waals surface area contributed by atoms with Crippen LogP contribution in [0.15, 0.2) is 18.2 Å². The number of hydrogen-bond acceptors (Lipinski definition) is 3. The molecule has 0 unspecified atom stereocenters. The van der Waals surface area contributed by atoms with Crippen molar-refractivity contribution < 1.29 is 18.7 Å². The fraction of sp³-hybridized carbons (Fsp3) is 0.562. The summed E-state index contributed by atoms with van der Waals surface area (Å²) < 4.78 is 24.7. The van der Waals surface area contributed by atoms with Gasteiger partial charge >= 0.3 is 0 Å². The molecule has 4 nitrogen and oxygen atoms in total. The first-order valence-electron chi connectivity index (χ1n) is 7.22. The topological polar surface area (TPSA) is 47.6 Å². The van der Waals surface area contributed by atoms with Gasteiger partial charge in [-0.3, -0.25) is 4.79 Å². The number of rotatable bonds is 5. The van der Waals surface area contributed by atoms with Crippen LogP contribution in [-0.4, -0.2) is 31.5 Å². The van der Waals surface area contributed by atoms with E-state index in [1.807, 2.05) is 20.8 Å². The zero-order valence-corrected chi connectivity index (χ0v) is 12.7. The molecule has 5 heteroatoms. The summed E-state index contributed by atoms with van der Waals surface area (Å²) >= 11 is 0. The number of carbonyl (C=O) groups is 1. The number of hydrogen-bond donors (Lipinski definition) is 1. The van der Waals surface area contributed by atoms with E-state index < -0.39 is 11.6 Å². The van der Waals surface area contributed by atoms with Crippen LogP contribution in [0, 0.1) is 18.7 Å². The zero-order valence-electron chi connectivity index (χ0n) is 12.7. The molecule has 1 fully saturated rings. The van der Waals surface area contributed by atoms with Crippen molar-refractivity contribution in [1.29, 1.82) is 0 Å². The molecule has 21 heavy (non-hydrogen) atoms. The monoisotopic (exact) mass is 295 g/mol. The Kier molecular flexibility index (Phi) is 4.96. The summed E-state index contributed by atoms with van der Waals surface area (Å²) in [6.45, 7) is 7.39. The largest absolute Gasteiger partial charge is 0.352 e. The molecule has 1 atom stereocenters. The highest BCUT2D eigenvalue weighted by molar-refractivity contribution is 5.94. The summed E-state index contributed by atoms with van der Waals surface area (Å²) in [5, 5.41) is 2.77. The Hall–Kier alpha value is -1.46. The molecule has 1 N–H and O–H groups in total. The second kappa shape index (κ2) is 6.54. The number of halogens is 1. The van der Waals surface area contributed by atoms with E-state index in [0.29, 0.717) is 26.2 Å². The first-order chi connectivity index (χ1) is 9.89. The third-order valence-corrected chi connectivity index (χ3v) is 3.59. The van der Waals surface area contributed by atoms with Crippen LogP contribution in [0.1, 0.15) is 36.2 Å². The lowest BCUT2D eigenvalue weighted by atomic mass is 10.0. The quantitative estimate of drug-likeness (QED) is 0.908. The number of aryl methyl sites for hydroxylation is 1. The molecule has 0 radical (unpaired) electrons.